The summed E-state index contributed by atoms with van der Waals surface area (Å²) < 4.78 is 43.8. The molecule has 0 amide bonds. The number of alkyl halides is 3. The molecule has 19 heavy (non-hydrogen) atoms. The number of ether oxygens (including phenoxy) is 1. The van der Waals surface area contributed by atoms with Crippen LogP contribution >= 0.6 is 15.9 Å². The highest BCUT2D eigenvalue weighted by Crippen LogP contribution is 2.17. The molecule has 9 heteroatoms. The summed E-state index contributed by atoms with van der Waals surface area (Å²) >= 11 is 3.14. The van der Waals surface area contributed by atoms with E-state index in [1.807, 2.05) is 0 Å². The molecule has 0 aliphatic carbocycles. The Kier molecular flexibility index (Phi) is 5.80. The average Bonchev–Trinajstić information content (AvgIpc) is 2.61. The van der Waals surface area contributed by atoms with Gasteiger partial charge in [-0.1, -0.05) is 0 Å². The SMILES string of the molecule is CCOC(=O)CN(Cn1cc(Br)cn1)CC(F)(F)F. The molecule has 0 saturated heterocycles. The van der Waals surface area contributed by atoms with Crippen LogP contribution in [-0.2, 0) is 16.2 Å². The molecule has 0 N–H and O–H groups in total. The van der Waals surface area contributed by atoms with Gasteiger partial charge in [-0.15, -0.1) is 0 Å². The molecular weight excluding hydrogens is 331 g/mol. The predicted octanol–water partition coefficient (Wildman–Crippen LogP) is 2.03. The second-order valence-corrected chi connectivity index (χ2v) is 4.66. The van der Waals surface area contributed by atoms with Gasteiger partial charge < -0.3 is 4.74 Å². The first-order chi connectivity index (χ1) is 8.80. The zero-order valence-electron chi connectivity index (χ0n) is 10.2. The van der Waals surface area contributed by atoms with Gasteiger partial charge in [-0.25, -0.2) is 0 Å². The predicted molar refractivity (Wildman–Crippen MR) is 64.2 cm³/mol. The highest BCUT2D eigenvalue weighted by Gasteiger charge is 2.32. The van der Waals surface area contributed by atoms with Gasteiger partial charge in [-0.05, 0) is 22.9 Å². The number of halogens is 4. The summed E-state index contributed by atoms with van der Waals surface area (Å²) in [6, 6.07) is 0. The fourth-order valence-electron chi connectivity index (χ4n) is 1.42. The van der Waals surface area contributed by atoms with Crippen molar-refractivity contribution in [3.8, 4) is 0 Å². The first-order valence-corrected chi connectivity index (χ1v) is 6.22. The lowest BCUT2D eigenvalue weighted by Crippen LogP contribution is -2.39. The van der Waals surface area contributed by atoms with Gasteiger partial charge in [0.15, 0.2) is 0 Å². The van der Waals surface area contributed by atoms with E-state index in [0.29, 0.717) is 4.47 Å². The topological polar surface area (TPSA) is 47.4 Å². The smallest absolute Gasteiger partial charge is 0.401 e. The van der Waals surface area contributed by atoms with Crippen LogP contribution in [0.25, 0.3) is 0 Å². The quantitative estimate of drug-likeness (QED) is 0.741. The molecule has 1 aromatic rings. The van der Waals surface area contributed by atoms with Crippen LogP contribution in [0.3, 0.4) is 0 Å². The molecule has 0 atom stereocenters. The number of aromatic nitrogens is 2. The summed E-state index contributed by atoms with van der Waals surface area (Å²) in [5.74, 6) is -0.696. The van der Waals surface area contributed by atoms with E-state index in [0.717, 1.165) is 4.90 Å². The zero-order chi connectivity index (χ0) is 14.5. The van der Waals surface area contributed by atoms with Crippen LogP contribution in [0.2, 0.25) is 0 Å². The Bertz CT molecular complexity index is 422. The molecule has 108 valence electrons. The third-order valence-corrected chi connectivity index (χ3v) is 2.42. The molecule has 0 spiro atoms. The minimum absolute atomic E-state index is 0.131. The maximum Gasteiger partial charge on any atom is 0.401 e. The van der Waals surface area contributed by atoms with Gasteiger partial charge in [-0.2, -0.15) is 18.3 Å². The third-order valence-electron chi connectivity index (χ3n) is 2.01. The van der Waals surface area contributed by atoms with Crippen LogP contribution < -0.4 is 0 Å². The van der Waals surface area contributed by atoms with E-state index < -0.39 is 25.2 Å². The maximum absolute atomic E-state index is 12.4. The highest BCUT2D eigenvalue weighted by molar-refractivity contribution is 9.10. The van der Waals surface area contributed by atoms with E-state index in [1.54, 1.807) is 6.92 Å². The number of carbonyl (C=O) groups excluding carboxylic acids is 1. The Morgan fingerprint density at radius 2 is 2.26 bits per heavy atom. The van der Waals surface area contributed by atoms with Crippen LogP contribution in [0.15, 0.2) is 16.9 Å². The van der Waals surface area contributed by atoms with Crippen molar-refractivity contribution in [2.24, 2.45) is 0 Å². The van der Waals surface area contributed by atoms with Crippen molar-refractivity contribution >= 4 is 21.9 Å². The normalized spacial score (nSPS) is 11.9. The van der Waals surface area contributed by atoms with Crippen LogP contribution in [0, 0.1) is 0 Å². The van der Waals surface area contributed by atoms with Gasteiger partial charge in [0.25, 0.3) is 0 Å². The lowest BCUT2D eigenvalue weighted by molar-refractivity contribution is -0.159. The second-order valence-electron chi connectivity index (χ2n) is 3.75. The summed E-state index contributed by atoms with van der Waals surface area (Å²) in [6.07, 6.45) is -1.42. The molecule has 0 aromatic carbocycles. The Morgan fingerprint density at radius 3 is 2.74 bits per heavy atom. The summed E-state index contributed by atoms with van der Waals surface area (Å²) in [5.41, 5.74) is 0. The Balaban J connectivity index is 2.66. The van der Waals surface area contributed by atoms with Gasteiger partial charge >= 0.3 is 12.1 Å². The van der Waals surface area contributed by atoms with Gasteiger partial charge in [-0.3, -0.25) is 14.4 Å². The van der Waals surface area contributed by atoms with Crippen LogP contribution in [-0.4, -0.2) is 46.5 Å². The van der Waals surface area contributed by atoms with Crippen molar-refractivity contribution in [3.63, 3.8) is 0 Å². The first kappa shape index (κ1) is 16.0. The number of nitrogens with zero attached hydrogens (tertiary/aromatic N) is 3. The Hall–Kier alpha value is -1.09. The van der Waals surface area contributed by atoms with Crippen molar-refractivity contribution in [2.75, 3.05) is 19.7 Å². The summed E-state index contributed by atoms with van der Waals surface area (Å²) in [7, 11) is 0. The number of esters is 1. The molecule has 1 rings (SSSR count). The van der Waals surface area contributed by atoms with E-state index >= 15 is 0 Å². The van der Waals surface area contributed by atoms with Crippen molar-refractivity contribution in [1.29, 1.82) is 0 Å². The lowest BCUT2D eigenvalue weighted by Gasteiger charge is -2.22. The molecule has 0 unspecified atom stereocenters. The number of carbonyl (C=O) groups is 1. The van der Waals surface area contributed by atoms with E-state index in [4.69, 9.17) is 0 Å². The summed E-state index contributed by atoms with van der Waals surface area (Å²) in [6.45, 7) is -0.0688. The Labute approximate surface area is 116 Å². The molecule has 0 aliphatic heterocycles. The van der Waals surface area contributed by atoms with Gasteiger partial charge in [0.2, 0.25) is 0 Å². The van der Waals surface area contributed by atoms with Crippen LogP contribution in [0.5, 0.6) is 0 Å². The molecule has 5 nitrogen and oxygen atoms in total. The molecule has 1 aromatic heterocycles. The molecule has 1 heterocycles. The van der Waals surface area contributed by atoms with Crippen molar-refractivity contribution in [1.82, 2.24) is 14.7 Å². The largest absolute Gasteiger partial charge is 0.465 e. The molecule has 0 bridgehead atoms. The van der Waals surface area contributed by atoms with E-state index in [1.165, 1.54) is 17.1 Å². The van der Waals surface area contributed by atoms with E-state index in [-0.39, 0.29) is 13.3 Å². The fourth-order valence-corrected chi connectivity index (χ4v) is 1.75. The molecule has 0 aliphatic rings. The maximum atomic E-state index is 12.4. The monoisotopic (exact) mass is 343 g/mol. The summed E-state index contributed by atoms with van der Waals surface area (Å²) in [5, 5.41) is 3.85. The van der Waals surface area contributed by atoms with Crippen LogP contribution in [0.1, 0.15) is 6.92 Å². The molecular formula is C10H13BrF3N3O2. The highest BCUT2D eigenvalue weighted by atomic mass is 79.9. The van der Waals surface area contributed by atoms with Crippen molar-refractivity contribution < 1.29 is 22.7 Å². The Morgan fingerprint density at radius 1 is 1.58 bits per heavy atom. The van der Waals surface area contributed by atoms with Crippen molar-refractivity contribution in [3.05, 3.63) is 16.9 Å². The number of hydrogen-bond donors (Lipinski definition) is 0. The standard InChI is InChI=1S/C10H13BrF3N3O2/c1-2-19-9(18)5-16(6-10(12,13)14)7-17-4-8(11)3-15-17/h3-4H,2,5-7H2,1H3. The second kappa shape index (κ2) is 6.90. The molecule has 0 fully saturated rings. The van der Waals surface area contributed by atoms with Crippen molar-refractivity contribution in [2.45, 2.75) is 19.8 Å². The first-order valence-electron chi connectivity index (χ1n) is 5.43. The third kappa shape index (κ3) is 6.58. The van der Waals surface area contributed by atoms with Crippen LogP contribution in [0.4, 0.5) is 13.2 Å². The lowest BCUT2D eigenvalue weighted by atomic mass is 10.5. The number of hydrogen-bond acceptors (Lipinski definition) is 4. The number of rotatable bonds is 6. The fraction of sp³-hybridized carbons (Fsp3) is 0.600. The minimum Gasteiger partial charge on any atom is -0.465 e. The van der Waals surface area contributed by atoms with Gasteiger partial charge in [0.1, 0.15) is 0 Å². The van der Waals surface area contributed by atoms with Gasteiger partial charge in [0, 0.05) is 6.20 Å². The zero-order valence-corrected chi connectivity index (χ0v) is 11.7. The average molecular weight is 344 g/mol. The van der Waals surface area contributed by atoms with Gasteiger partial charge in [0.05, 0.1) is 37.0 Å². The van der Waals surface area contributed by atoms with E-state index in [2.05, 4.69) is 25.8 Å². The molecule has 0 radical (unpaired) electrons. The minimum atomic E-state index is -4.39. The molecule has 0 saturated carbocycles. The van der Waals surface area contributed by atoms with E-state index in [9.17, 15) is 18.0 Å². The summed E-state index contributed by atoms with van der Waals surface area (Å²) in [4.78, 5) is 12.2.